The molecule has 20 heavy (non-hydrogen) atoms. The summed E-state index contributed by atoms with van der Waals surface area (Å²) in [6.45, 7) is 5.78. The first-order valence-corrected chi connectivity index (χ1v) is 7.82. The van der Waals surface area contributed by atoms with Gasteiger partial charge in [-0.2, -0.15) is 0 Å². The van der Waals surface area contributed by atoms with Crippen LogP contribution in [0.25, 0.3) is 0 Å². The second kappa shape index (κ2) is 6.93. The summed E-state index contributed by atoms with van der Waals surface area (Å²) < 4.78 is 0. The van der Waals surface area contributed by atoms with Gasteiger partial charge in [0.05, 0.1) is 0 Å². The number of hydrogen-bond acceptors (Lipinski definition) is 2. The number of nitrogens with two attached hydrogens (primary N) is 1. The molecular weight excluding hydrogens is 268 g/mol. The third-order valence-electron chi connectivity index (χ3n) is 5.07. The van der Waals surface area contributed by atoms with Crippen molar-refractivity contribution in [3.63, 3.8) is 0 Å². The fraction of sp³-hybridized carbons (Fsp3) is 0.647. The average Bonchev–Trinajstić information content (AvgIpc) is 2.84. The Labute approximate surface area is 129 Å². The fourth-order valence-corrected chi connectivity index (χ4v) is 3.88. The minimum Gasteiger partial charge on any atom is -0.327 e. The van der Waals surface area contributed by atoms with Crippen LogP contribution in [0.1, 0.15) is 37.3 Å². The summed E-state index contributed by atoms with van der Waals surface area (Å²) in [5.74, 6) is 1.61. The highest BCUT2D eigenvalue weighted by molar-refractivity contribution is 5.85. The molecule has 3 unspecified atom stereocenters. The monoisotopic (exact) mass is 294 g/mol. The Morgan fingerprint density at radius 1 is 1.10 bits per heavy atom. The number of benzene rings is 1. The third kappa shape index (κ3) is 3.36. The van der Waals surface area contributed by atoms with Gasteiger partial charge < -0.3 is 5.73 Å². The zero-order chi connectivity index (χ0) is 13.2. The highest BCUT2D eigenvalue weighted by Gasteiger charge is 2.38. The zero-order valence-corrected chi connectivity index (χ0v) is 13.2. The van der Waals surface area contributed by atoms with E-state index in [0.717, 1.165) is 24.8 Å². The summed E-state index contributed by atoms with van der Waals surface area (Å²) in [5, 5.41) is 0. The van der Waals surface area contributed by atoms with Crippen LogP contribution in [0.3, 0.4) is 0 Å². The predicted octanol–water partition coefficient (Wildman–Crippen LogP) is 3.23. The van der Waals surface area contributed by atoms with Crippen molar-refractivity contribution < 1.29 is 0 Å². The SMILES string of the molecule is CCc1ccc(CN2CC3CCCC(N)C3C2)cc1.Cl. The first-order valence-electron chi connectivity index (χ1n) is 7.82. The van der Waals surface area contributed by atoms with Crippen molar-refractivity contribution >= 4 is 12.4 Å². The van der Waals surface area contributed by atoms with Gasteiger partial charge in [-0.25, -0.2) is 0 Å². The van der Waals surface area contributed by atoms with E-state index in [-0.39, 0.29) is 12.4 Å². The molecule has 112 valence electrons. The van der Waals surface area contributed by atoms with Gasteiger partial charge in [0.25, 0.3) is 0 Å². The molecule has 0 aromatic heterocycles. The van der Waals surface area contributed by atoms with Gasteiger partial charge in [-0.05, 0) is 42.2 Å². The Morgan fingerprint density at radius 3 is 2.45 bits per heavy atom. The molecule has 1 aliphatic carbocycles. The Hall–Kier alpha value is -0.570. The molecule has 1 saturated carbocycles. The highest BCUT2D eigenvalue weighted by atomic mass is 35.5. The molecule has 2 N–H and O–H groups in total. The smallest absolute Gasteiger partial charge is 0.0233 e. The van der Waals surface area contributed by atoms with Crippen LogP contribution in [0, 0.1) is 11.8 Å². The number of likely N-dealkylation sites (tertiary alicyclic amines) is 1. The van der Waals surface area contributed by atoms with E-state index < -0.39 is 0 Å². The van der Waals surface area contributed by atoms with Crippen LogP contribution in [-0.2, 0) is 13.0 Å². The first kappa shape index (κ1) is 15.8. The number of aryl methyl sites for hydroxylation is 1. The minimum absolute atomic E-state index is 0. The van der Waals surface area contributed by atoms with Crippen LogP contribution in [0.2, 0.25) is 0 Å². The second-order valence-electron chi connectivity index (χ2n) is 6.38. The second-order valence-corrected chi connectivity index (χ2v) is 6.38. The standard InChI is InChI=1S/C17H26N2.ClH/c1-2-13-6-8-14(9-7-13)10-19-11-15-4-3-5-17(18)16(15)12-19;/h6-9,15-17H,2-5,10-12,18H2,1H3;1H. The molecule has 3 atom stereocenters. The Balaban J connectivity index is 0.00000147. The molecule has 1 saturated heterocycles. The molecule has 1 aromatic carbocycles. The predicted molar refractivity (Wildman–Crippen MR) is 87.2 cm³/mol. The zero-order valence-electron chi connectivity index (χ0n) is 12.4. The summed E-state index contributed by atoms with van der Waals surface area (Å²) in [7, 11) is 0. The molecule has 2 aliphatic rings. The van der Waals surface area contributed by atoms with Gasteiger partial charge in [0.1, 0.15) is 0 Å². The van der Waals surface area contributed by atoms with E-state index in [1.165, 1.54) is 43.5 Å². The molecule has 2 fully saturated rings. The van der Waals surface area contributed by atoms with Crippen molar-refractivity contribution in [1.29, 1.82) is 0 Å². The maximum Gasteiger partial charge on any atom is 0.0233 e. The summed E-state index contributed by atoms with van der Waals surface area (Å²) in [5.41, 5.74) is 9.17. The molecule has 0 bridgehead atoms. The molecule has 0 amide bonds. The molecule has 1 aliphatic heterocycles. The maximum atomic E-state index is 6.29. The summed E-state index contributed by atoms with van der Waals surface area (Å²) >= 11 is 0. The quantitative estimate of drug-likeness (QED) is 0.927. The highest BCUT2D eigenvalue weighted by Crippen LogP contribution is 2.35. The van der Waals surface area contributed by atoms with Crippen molar-refractivity contribution in [3.05, 3.63) is 35.4 Å². The molecule has 0 radical (unpaired) electrons. The summed E-state index contributed by atoms with van der Waals surface area (Å²) in [6.07, 6.45) is 5.09. The lowest BCUT2D eigenvalue weighted by atomic mass is 9.78. The lowest BCUT2D eigenvalue weighted by molar-refractivity contribution is 0.259. The van der Waals surface area contributed by atoms with Crippen molar-refractivity contribution in [2.45, 2.75) is 45.2 Å². The van der Waals surface area contributed by atoms with Gasteiger partial charge in [0, 0.05) is 25.7 Å². The van der Waals surface area contributed by atoms with Crippen LogP contribution in [0.15, 0.2) is 24.3 Å². The largest absolute Gasteiger partial charge is 0.327 e. The van der Waals surface area contributed by atoms with Crippen LogP contribution < -0.4 is 5.73 Å². The van der Waals surface area contributed by atoms with E-state index in [2.05, 4.69) is 36.1 Å². The van der Waals surface area contributed by atoms with E-state index in [1.54, 1.807) is 0 Å². The third-order valence-corrected chi connectivity index (χ3v) is 5.07. The number of halogens is 1. The Kier molecular flexibility index (Phi) is 5.48. The van der Waals surface area contributed by atoms with Crippen LogP contribution in [-0.4, -0.2) is 24.0 Å². The van der Waals surface area contributed by atoms with Crippen molar-refractivity contribution in [3.8, 4) is 0 Å². The first-order chi connectivity index (χ1) is 9.26. The van der Waals surface area contributed by atoms with E-state index in [9.17, 15) is 0 Å². The normalized spacial score (nSPS) is 29.8. The molecule has 0 spiro atoms. The minimum atomic E-state index is 0. The van der Waals surface area contributed by atoms with Crippen LogP contribution in [0.4, 0.5) is 0 Å². The molecule has 3 heteroatoms. The Morgan fingerprint density at radius 2 is 1.80 bits per heavy atom. The van der Waals surface area contributed by atoms with Gasteiger partial charge >= 0.3 is 0 Å². The summed E-state index contributed by atoms with van der Waals surface area (Å²) in [6, 6.07) is 9.57. The molecular formula is C17H27ClN2. The molecule has 1 heterocycles. The van der Waals surface area contributed by atoms with Gasteiger partial charge in [0.15, 0.2) is 0 Å². The van der Waals surface area contributed by atoms with Gasteiger partial charge in [-0.15, -0.1) is 12.4 Å². The topological polar surface area (TPSA) is 29.3 Å². The number of fused-ring (bicyclic) bond motifs is 1. The molecule has 3 rings (SSSR count). The van der Waals surface area contributed by atoms with Crippen molar-refractivity contribution in [2.75, 3.05) is 13.1 Å². The van der Waals surface area contributed by atoms with E-state index in [4.69, 9.17) is 5.73 Å². The fourth-order valence-electron chi connectivity index (χ4n) is 3.88. The number of nitrogens with zero attached hydrogens (tertiary/aromatic N) is 1. The van der Waals surface area contributed by atoms with Gasteiger partial charge in [-0.1, -0.05) is 37.6 Å². The Bertz CT molecular complexity index is 418. The number of hydrogen-bond donors (Lipinski definition) is 1. The van der Waals surface area contributed by atoms with Gasteiger partial charge in [0.2, 0.25) is 0 Å². The van der Waals surface area contributed by atoms with Crippen molar-refractivity contribution in [2.24, 2.45) is 17.6 Å². The van der Waals surface area contributed by atoms with E-state index >= 15 is 0 Å². The lowest BCUT2D eigenvalue weighted by Gasteiger charge is -2.29. The van der Waals surface area contributed by atoms with Crippen LogP contribution in [0.5, 0.6) is 0 Å². The van der Waals surface area contributed by atoms with Gasteiger partial charge in [-0.3, -0.25) is 4.90 Å². The molecule has 2 nitrogen and oxygen atoms in total. The molecule has 1 aromatic rings. The summed E-state index contributed by atoms with van der Waals surface area (Å²) in [4.78, 5) is 2.61. The number of rotatable bonds is 3. The van der Waals surface area contributed by atoms with E-state index in [0.29, 0.717) is 6.04 Å². The maximum absolute atomic E-state index is 6.29. The average molecular weight is 295 g/mol. The lowest BCUT2D eigenvalue weighted by Crippen LogP contribution is -2.38. The van der Waals surface area contributed by atoms with Crippen molar-refractivity contribution in [1.82, 2.24) is 4.90 Å². The van der Waals surface area contributed by atoms with E-state index in [1.807, 2.05) is 0 Å². The van der Waals surface area contributed by atoms with Crippen LogP contribution >= 0.6 is 12.4 Å².